The molecule has 0 radical (unpaired) electrons. The molecule has 1 fully saturated rings. The van der Waals surface area contributed by atoms with Gasteiger partial charge in [0.25, 0.3) is 0 Å². The van der Waals surface area contributed by atoms with E-state index in [-0.39, 0.29) is 6.04 Å². The van der Waals surface area contributed by atoms with Crippen molar-refractivity contribution in [3.8, 4) is 0 Å². The number of nitrogens with one attached hydrogen (secondary N) is 1. The van der Waals surface area contributed by atoms with Gasteiger partial charge >= 0.3 is 5.97 Å². The topological polar surface area (TPSA) is 58.6 Å². The molecule has 0 unspecified atom stereocenters. The Kier molecular flexibility index (Phi) is 4.56. The second-order valence-electron chi connectivity index (χ2n) is 5.18. The predicted molar refractivity (Wildman–Crippen MR) is 72.8 cm³/mol. The van der Waals surface area contributed by atoms with Crippen LogP contribution in [0.4, 0.5) is 0 Å². The van der Waals surface area contributed by atoms with E-state index in [2.05, 4.69) is 17.4 Å². The summed E-state index contributed by atoms with van der Waals surface area (Å²) < 4.78 is 4.69. The van der Waals surface area contributed by atoms with Gasteiger partial charge in [-0.1, -0.05) is 30.3 Å². The molecular formula is C15H21NO3. The maximum absolute atomic E-state index is 11.5. The Morgan fingerprint density at radius 1 is 1.37 bits per heavy atom. The highest BCUT2D eigenvalue weighted by Gasteiger charge is 2.35. The molecule has 4 nitrogen and oxygen atoms in total. The second-order valence-corrected chi connectivity index (χ2v) is 5.18. The molecule has 0 bridgehead atoms. The van der Waals surface area contributed by atoms with Crippen LogP contribution in [0.15, 0.2) is 30.3 Å². The maximum Gasteiger partial charge on any atom is 0.325 e. The quantitative estimate of drug-likeness (QED) is 0.789. The number of hydrogen-bond donors (Lipinski definition) is 2. The van der Waals surface area contributed by atoms with E-state index in [1.165, 1.54) is 12.7 Å². The number of carbonyl (C=O) groups excluding carboxylic acids is 1. The van der Waals surface area contributed by atoms with Crippen molar-refractivity contribution in [3.05, 3.63) is 35.9 Å². The third kappa shape index (κ3) is 3.33. The first kappa shape index (κ1) is 14.0. The third-order valence-electron chi connectivity index (χ3n) is 3.76. The second kappa shape index (κ2) is 6.17. The molecule has 1 aromatic rings. The smallest absolute Gasteiger partial charge is 0.325 e. The highest BCUT2D eigenvalue weighted by molar-refractivity contribution is 5.76. The normalized spacial score (nSPS) is 25.2. The number of ether oxygens (including phenoxy) is 1. The Balaban J connectivity index is 1.85. The Morgan fingerprint density at radius 2 is 2.00 bits per heavy atom. The highest BCUT2D eigenvalue weighted by atomic mass is 16.5. The van der Waals surface area contributed by atoms with E-state index in [0.29, 0.717) is 5.92 Å². The lowest BCUT2D eigenvalue weighted by Crippen LogP contribution is -2.53. The molecule has 1 aliphatic rings. The van der Waals surface area contributed by atoms with Crippen LogP contribution >= 0.6 is 0 Å². The summed E-state index contributed by atoms with van der Waals surface area (Å²) in [6.07, 6.45) is 1.23. The van der Waals surface area contributed by atoms with Gasteiger partial charge in [0.1, 0.15) is 6.04 Å². The molecular weight excluding hydrogens is 242 g/mol. The van der Waals surface area contributed by atoms with Crippen molar-refractivity contribution in [3.63, 3.8) is 0 Å². The van der Waals surface area contributed by atoms with Crippen LogP contribution in [0.3, 0.4) is 0 Å². The lowest BCUT2D eigenvalue weighted by molar-refractivity contribution is -0.146. The fraction of sp³-hybridized carbons (Fsp3) is 0.533. The predicted octanol–water partition coefficient (Wildman–Crippen LogP) is 1.44. The molecule has 1 aliphatic carbocycles. The summed E-state index contributed by atoms with van der Waals surface area (Å²) in [5.41, 5.74) is 1.34. The number of hydrogen-bond acceptors (Lipinski definition) is 4. The van der Waals surface area contributed by atoms with Crippen molar-refractivity contribution in [2.45, 2.75) is 43.9 Å². The summed E-state index contributed by atoms with van der Waals surface area (Å²) in [7, 11) is 1.34. The first-order valence-corrected chi connectivity index (χ1v) is 6.68. The Morgan fingerprint density at radius 3 is 2.53 bits per heavy atom. The zero-order chi connectivity index (χ0) is 13.8. The van der Waals surface area contributed by atoms with Crippen LogP contribution in [0.5, 0.6) is 0 Å². The number of aliphatic hydroxyl groups is 1. The monoisotopic (exact) mass is 263 g/mol. The Bertz CT molecular complexity index is 413. The minimum Gasteiger partial charge on any atom is -0.468 e. The minimum absolute atomic E-state index is 0.268. The van der Waals surface area contributed by atoms with Crippen molar-refractivity contribution >= 4 is 5.97 Å². The summed E-state index contributed by atoms with van der Waals surface area (Å²) in [6.45, 7) is 1.60. The van der Waals surface area contributed by atoms with Gasteiger partial charge in [0, 0.05) is 6.04 Å². The number of benzene rings is 1. The number of esters is 1. The van der Waals surface area contributed by atoms with Gasteiger partial charge in [-0.25, -0.2) is 0 Å². The molecule has 0 amide bonds. The van der Waals surface area contributed by atoms with E-state index in [1.54, 1.807) is 6.92 Å². The first-order chi connectivity index (χ1) is 9.11. The standard InChI is InChI=1S/C15H21NO3/c1-10(17)14(15(18)19-2)16-13-8-12(9-13)11-6-4-3-5-7-11/h3-7,10,12-14,16-17H,8-9H2,1-2H3/t10-,12?,13?,14-/m0/s1. The zero-order valence-electron chi connectivity index (χ0n) is 11.4. The highest BCUT2D eigenvalue weighted by Crippen LogP contribution is 2.36. The molecule has 0 spiro atoms. The number of carbonyl (C=O) groups is 1. The fourth-order valence-corrected chi connectivity index (χ4v) is 2.54. The average Bonchev–Trinajstić information content (AvgIpc) is 2.37. The van der Waals surface area contributed by atoms with Crippen LogP contribution in [0, 0.1) is 0 Å². The van der Waals surface area contributed by atoms with Crippen molar-refractivity contribution in [2.75, 3.05) is 7.11 Å². The number of rotatable bonds is 5. The van der Waals surface area contributed by atoms with E-state index >= 15 is 0 Å². The van der Waals surface area contributed by atoms with Crippen LogP contribution in [-0.2, 0) is 9.53 Å². The molecule has 1 saturated carbocycles. The van der Waals surface area contributed by atoms with Gasteiger partial charge in [0.05, 0.1) is 13.2 Å². The van der Waals surface area contributed by atoms with Gasteiger partial charge in [-0.05, 0) is 31.2 Å². The number of methoxy groups -OCH3 is 1. The largest absolute Gasteiger partial charge is 0.468 e. The molecule has 2 N–H and O–H groups in total. The van der Waals surface area contributed by atoms with Crippen LogP contribution in [-0.4, -0.2) is 36.4 Å². The maximum atomic E-state index is 11.5. The first-order valence-electron chi connectivity index (χ1n) is 6.68. The van der Waals surface area contributed by atoms with Crippen LogP contribution in [0.1, 0.15) is 31.2 Å². The van der Waals surface area contributed by atoms with Gasteiger partial charge in [-0.15, -0.1) is 0 Å². The summed E-state index contributed by atoms with van der Waals surface area (Å²) in [4.78, 5) is 11.5. The molecule has 2 rings (SSSR count). The van der Waals surface area contributed by atoms with E-state index in [0.717, 1.165) is 12.8 Å². The molecule has 2 atom stereocenters. The SMILES string of the molecule is COC(=O)[C@@H](NC1CC(c2ccccc2)C1)[C@H](C)O. The van der Waals surface area contributed by atoms with E-state index in [4.69, 9.17) is 4.74 Å². The van der Waals surface area contributed by atoms with Gasteiger partial charge < -0.3 is 9.84 Å². The lowest BCUT2D eigenvalue weighted by Gasteiger charge is -2.38. The fourth-order valence-electron chi connectivity index (χ4n) is 2.54. The van der Waals surface area contributed by atoms with Crippen molar-refractivity contribution in [1.82, 2.24) is 5.32 Å². The molecule has 0 heterocycles. The summed E-state index contributed by atoms with van der Waals surface area (Å²) in [5.74, 6) is 0.143. The molecule has 4 heteroatoms. The molecule has 0 aliphatic heterocycles. The molecule has 1 aromatic carbocycles. The van der Waals surface area contributed by atoms with Crippen LogP contribution < -0.4 is 5.32 Å². The lowest BCUT2D eigenvalue weighted by atomic mass is 9.75. The van der Waals surface area contributed by atoms with Crippen LogP contribution in [0.25, 0.3) is 0 Å². The molecule has 0 aromatic heterocycles. The van der Waals surface area contributed by atoms with E-state index < -0.39 is 18.1 Å². The molecule has 104 valence electrons. The molecule has 19 heavy (non-hydrogen) atoms. The summed E-state index contributed by atoms with van der Waals surface area (Å²) in [5, 5.41) is 12.8. The number of aliphatic hydroxyl groups excluding tert-OH is 1. The average molecular weight is 263 g/mol. The van der Waals surface area contributed by atoms with Gasteiger partial charge in [0.15, 0.2) is 0 Å². The summed E-state index contributed by atoms with van der Waals surface area (Å²) in [6, 6.07) is 10.0. The van der Waals surface area contributed by atoms with Crippen molar-refractivity contribution < 1.29 is 14.6 Å². The van der Waals surface area contributed by atoms with E-state index in [1.807, 2.05) is 18.2 Å². The molecule has 0 saturated heterocycles. The zero-order valence-corrected chi connectivity index (χ0v) is 11.4. The Hall–Kier alpha value is -1.39. The van der Waals surface area contributed by atoms with Gasteiger partial charge in [-0.2, -0.15) is 0 Å². The van der Waals surface area contributed by atoms with Crippen molar-refractivity contribution in [1.29, 1.82) is 0 Å². The van der Waals surface area contributed by atoms with Crippen LogP contribution in [0.2, 0.25) is 0 Å². The Labute approximate surface area is 113 Å². The van der Waals surface area contributed by atoms with Gasteiger partial charge in [0.2, 0.25) is 0 Å². The minimum atomic E-state index is -0.747. The third-order valence-corrected chi connectivity index (χ3v) is 3.76. The van der Waals surface area contributed by atoms with Crippen molar-refractivity contribution in [2.24, 2.45) is 0 Å². The summed E-state index contributed by atoms with van der Waals surface area (Å²) >= 11 is 0. The van der Waals surface area contributed by atoms with E-state index in [9.17, 15) is 9.90 Å². The van der Waals surface area contributed by atoms with Gasteiger partial charge in [-0.3, -0.25) is 10.1 Å².